The number of amidine groups is 1. The van der Waals surface area contributed by atoms with Gasteiger partial charge < -0.3 is 10.4 Å². The molecule has 12 heteroatoms. The highest BCUT2D eigenvalue weighted by Gasteiger charge is 2.51. The number of aliphatic hydroxyl groups excluding tert-OH is 1. The van der Waals surface area contributed by atoms with Gasteiger partial charge in [-0.05, 0) is 49.4 Å². The van der Waals surface area contributed by atoms with Gasteiger partial charge in [0.15, 0.2) is 11.6 Å². The Kier molecular flexibility index (Phi) is 7.04. The maximum atomic E-state index is 13.9. The number of carbonyl (C=O) groups excluding carboxylic acids is 2. The van der Waals surface area contributed by atoms with Crippen molar-refractivity contribution < 1.29 is 31.5 Å². The lowest BCUT2D eigenvalue weighted by Gasteiger charge is -2.39. The van der Waals surface area contributed by atoms with E-state index in [2.05, 4.69) is 14.4 Å². The topological polar surface area (TPSA) is 159 Å². The number of carbonyl (C=O) groups is 2. The maximum Gasteiger partial charge on any atom is 0.286 e. The summed E-state index contributed by atoms with van der Waals surface area (Å²) in [4.78, 5) is 27.1. The number of fused-ring (bicyclic) bond motifs is 2. The minimum Gasteiger partial charge on any atom is -0.395 e. The lowest BCUT2D eigenvalue weighted by Crippen LogP contribution is -2.51. The second-order valence-electron chi connectivity index (χ2n) is 9.90. The summed E-state index contributed by atoms with van der Waals surface area (Å²) in [5, 5.41) is 11.8. The number of nitrogens with zero attached hydrogens (tertiary/aromatic N) is 1. The van der Waals surface area contributed by atoms with Crippen LogP contribution in [0.2, 0.25) is 0 Å². The molecule has 0 saturated heterocycles. The second kappa shape index (κ2) is 9.66. The number of nitrogens with one attached hydrogen (secondary N) is 2. The zero-order valence-corrected chi connectivity index (χ0v) is 22.3. The van der Waals surface area contributed by atoms with E-state index in [-0.39, 0.29) is 22.1 Å². The summed E-state index contributed by atoms with van der Waals surface area (Å²) in [6.07, 6.45) is 1.21. The summed E-state index contributed by atoms with van der Waals surface area (Å²) in [5.74, 6) is -2.90. The molecule has 2 aliphatic rings. The Morgan fingerprint density at radius 2 is 1.86 bits per heavy atom. The lowest BCUT2D eigenvalue weighted by molar-refractivity contribution is -0.125. The van der Waals surface area contributed by atoms with Gasteiger partial charge >= 0.3 is 0 Å². The van der Waals surface area contributed by atoms with Crippen molar-refractivity contribution in [1.29, 1.82) is 0 Å². The zero-order chi connectivity index (χ0) is 27.2. The van der Waals surface area contributed by atoms with E-state index >= 15 is 0 Å². The average Bonchev–Trinajstić information content (AvgIpc) is 2.81. The third kappa shape index (κ3) is 5.05. The first-order chi connectivity index (χ1) is 17.3. The van der Waals surface area contributed by atoms with E-state index in [1.54, 1.807) is 31.2 Å². The number of anilines is 2. The number of Topliss-reactive ketones (excluding diaryl/α,β-unsaturated/α-hetero) is 2. The second-order valence-corrected chi connectivity index (χ2v) is 13.3. The highest BCUT2D eigenvalue weighted by Crippen LogP contribution is 2.43. The van der Waals surface area contributed by atoms with Gasteiger partial charge in [-0.1, -0.05) is 38.1 Å². The fourth-order valence-corrected chi connectivity index (χ4v) is 6.72. The third-order valence-corrected chi connectivity index (χ3v) is 9.32. The fraction of sp³-hybridized carbons (Fsp3) is 0.400. The molecule has 2 aromatic carbocycles. The summed E-state index contributed by atoms with van der Waals surface area (Å²) in [6, 6.07) is 10.7. The van der Waals surface area contributed by atoms with Gasteiger partial charge in [0.2, 0.25) is 10.0 Å². The van der Waals surface area contributed by atoms with Crippen LogP contribution < -0.4 is 10.0 Å². The molecule has 1 aliphatic carbocycles. The number of hydrogen-bond acceptors (Lipinski definition) is 8. The predicted molar refractivity (Wildman–Crippen MR) is 140 cm³/mol. The summed E-state index contributed by atoms with van der Waals surface area (Å²) < 4.78 is 56.2. The van der Waals surface area contributed by atoms with Crippen molar-refractivity contribution in [2.75, 3.05) is 22.4 Å². The van der Waals surface area contributed by atoms with Crippen LogP contribution in [0, 0.1) is 11.8 Å². The van der Waals surface area contributed by atoms with Crippen LogP contribution >= 0.6 is 0 Å². The van der Waals surface area contributed by atoms with Crippen molar-refractivity contribution in [2.24, 2.45) is 16.2 Å². The highest BCUT2D eigenvalue weighted by molar-refractivity contribution is 7.92. The SMILES string of the molecule is CC(C)CCC1(C)C(=O)C(C2=NS(=O)(=O)c3cc(NS(=O)(=O)CCO)ccc3N2)C(=O)c2ccccc21. The molecule has 1 heterocycles. The molecule has 0 fully saturated rings. The highest BCUT2D eigenvalue weighted by atomic mass is 32.2. The van der Waals surface area contributed by atoms with Crippen molar-refractivity contribution in [3.8, 4) is 0 Å². The Balaban J connectivity index is 1.75. The minimum absolute atomic E-state index is 0.0313. The predicted octanol–water partition coefficient (Wildman–Crippen LogP) is 2.71. The molecule has 2 aromatic rings. The van der Waals surface area contributed by atoms with Gasteiger partial charge in [-0.25, -0.2) is 8.42 Å². The summed E-state index contributed by atoms with van der Waals surface area (Å²) in [6.45, 7) is 5.27. The number of sulfonamides is 2. The van der Waals surface area contributed by atoms with Crippen LogP contribution in [-0.2, 0) is 30.3 Å². The number of hydrogen-bond donors (Lipinski definition) is 3. The van der Waals surface area contributed by atoms with Crippen LogP contribution in [0.25, 0.3) is 0 Å². The van der Waals surface area contributed by atoms with E-state index in [4.69, 9.17) is 5.11 Å². The van der Waals surface area contributed by atoms with E-state index in [1.807, 2.05) is 13.8 Å². The summed E-state index contributed by atoms with van der Waals surface area (Å²) in [5.41, 5.74) is 0.0124. The number of rotatable bonds is 8. The Bertz CT molecular complexity index is 1510. The van der Waals surface area contributed by atoms with Gasteiger partial charge in [-0.2, -0.15) is 8.42 Å². The third-order valence-electron chi connectivity index (χ3n) is 6.72. The molecular formula is C25H29N3O7S2. The maximum absolute atomic E-state index is 13.9. The lowest BCUT2D eigenvalue weighted by atomic mass is 9.63. The molecule has 1 aliphatic heterocycles. The molecule has 0 aromatic heterocycles. The first-order valence-electron chi connectivity index (χ1n) is 11.8. The van der Waals surface area contributed by atoms with Crippen LogP contribution in [0.15, 0.2) is 51.8 Å². The summed E-state index contributed by atoms with van der Waals surface area (Å²) >= 11 is 0. The van der Waals surface area contributed by atoms with E-state index in [1.165, 1.54) is 12.1 Å². The molecule has 10 nitrogen and oxygen atoms in total. The molecule has 37 heavy (non-hydrogen) atoms. The van der Waals surface area contributed by atoms with Gasteiger partial charge in [-0.3, -0.25) is 14.3 Å². The molecule has 0 spiro atoms. The minimum atomic E-state index is -4.38. The molecule has 2 atom stereocenters. The molecule has 198 valence electrons. The number of benzene rings is 2. The molecule has 4 rings (SSSR count). The summed E-state index contributed by atoms with van der Waals surface area (Å²) in [7, 11) is -8.27. The van der Waals surface area contributed by atoms with Crippen LogP contribution in [-0.4, -0.2) is 51.7 Å². The van der Waals surface area contributed by atoms with Gasteiger partial charge in [0, 0.05) is 11.3 Å². The molecule has 0 saturated carbocycles. The average molecular weight is 548 g/mol. The van der Waals surface area contributed by atoms with Gasteiger partial charge in [0.05, 0.1) is 23.5 Å². The van der Waals surface area contributed by atoms with Gasteiger partial charge in [-0.15, -0.1) is 4.40 Å². The van der Waals surface area contributed by atoms with Gasteiger partial charge in [0.25, 0.3) is 10.0 Å². The molecule has 3 N–H and O–H groups in total. The number of ketones is 2. The Labute approximate surface area is 216 Å². The fourth-order valence-electron chi connectivity index (χ4n) is 4.71. The Morgan fingerprint density at radius 3 is 2.54 bits per heavy atom. The van der Waals surface area contributed by atoms with Crippen molar-refractivity contribution >= 4 is 48.8 Å². The quantitative estimate of drug-likeness (QED) is 0.426. The first kappa shape index (κ1) is 27.0. The van der Waals surface area contributed by atoms with Gasteiger partial charge in [0.1, 0.15) is 16.6 Å². The molecule has 2 unspecified atom stereocenters. The van der Waals surface area contributed by atoms with Crippen molar-refractivity contribution in [3.63, 3.8) is 0 Å². The van der Waals surface area contributed by atoms with Crippen molar-refractivity contribution in [1.82, 2.24) is 0 Å². The van der Waals surface area contributed by atoms with Crippen molar-refractivity contribution in [3.05, 3.63) is 53.6 Å². The smallest absolute Gasteiger partial charge is 0.286 e. The largest absolute Gasteiger partial charge is 0.395 e. The standard InChI is InChI=1S/C25H29N3O7S2/c1-15(2)10-11-25(3)18-7-5-4-6-17(18)22(30)21(23(25)31)24-26-19-9-8-16(27-36(32,33)13-12-29)14-20(19)37(34,35)28-24/h4-9,14-15,21,27,29H,10-13H2,1-3H3,(H,26,28). The van der Waals surface area contributed by atoms with E-state index < -0.39 is 55.3 Å². The molecular weight excluding hydrogens is 518 g/mol. The van der Waals surface area contributed by atoms with E-state index in [0.29, 0.717) is 23.5 Å². The van der Waals surface area contributed by atoms with Crippen LogP contribution in [0.1, 0.15) is 49.5 Å². The van der Waals surface area contributed by atoms with Crippen molar-refractivity contribution in [2.45, 2.75) is 43.9 Å². The first-order valence-corrected chi connectivity index (χ1v) is 14.9. The molecule has 0 radical (unpaired) electrons. The molecule has 0 amide bonds. The van der Waals surface area contributed by atoms with E-state index in [9.17, 15) is 26.4 Å². The Hall–Kier alpha value is -3.09. The normalized spacial score (nSPS) is 22.6. The van der Waals surface area contributed by atoms with E-state index in [0.717, 1.165) is 12.5 Å². The monoisotopic (exact) mass is 547 g/mol. The molecule has 0 bridgehead atoms. The van der Waals surface area contributed by atoms with Crippen LogP contribution in [0.4, 0.5) is 11.4 Å². The van der Waals surface area contributed by atoms with Crippen LogP contribution in [0.5, 0.6) is 0 Å². The van der Waals surface area contributed by atoms with Crippen LogP contribution in [0.3, 0.4) is 0 Å². The number of aliphatic hydroxyl groups is 1. The Morgan fingerprint density at radius 1 is 1.16 bits per heavy atom. The zero-order valence-electron chi connectivity index (χ0n) is 20.7.